The monoisotopic (exact) mass is 426 g/mol. The number of hydrogen-bond donors (Lipinski definition) is 0. The van der Waals surface area contributed by atoms with Gasteiger partial charge >= 0.3 is 0 Å². The Morgan fingerprint density at radius 3 is 1.57 bits per heavy atom. The molecule has 0 bridgehead atoms. The highest BCUT2D eigenvalue weighted by Gasteiger charge is 2.22. The van der Waals surface area contributed by atoms with Gasteiger partial charge in [-0.1, -0.05) is 53.7 Å². The van der Waals surface area contributed by atoms with Crippen LogP contribution in [-0.2, 0) is 19.3 Å². The van der Waals surface area contributed by atoms with E-state index in [2.05, 4.69) is 83.7 Å². The minimum Gasteiger partial charge on any atom is -0.496 e. The van der Waals surface area contributed by atoms with Crippen LogP contribution in [0, 0.1) is 38.5 Å². The molecule has 1 unspecified atom stereocenters. The number of rotatable bonds is 8. The number of ether oxygens (including phenoxy) is 1. The molecule has 30 heavy (non-hydrogen) atoms. The average Bonchev–Trinajstić information content (AvgIpc) is 2.61. The third-order valence-corrected chi connectivity index (χ3v) is 6.73. The van der Waals surface area contributed by atoms with Crippen molar-refractivity contribution in [3.63, 3.8) is 0 Å². The molecule has 0 saturated heterocycles. The molecule has 0 radical (unpaired) electrons. The number of hydrogen-bond acceptors (Lipinski definition) is 1. The summed E-state index contributed by atoms with van der Waals surface area (Å²) in [6.07, 6.45) is 3.37. The highest BCUT2D eigenvalue weighted by atomic mass is 31.0. The fourth-order valence-corrected chi connectivity index (χ4v) is 5.22. The first-order valence-corrected chi connectivity index (χ1v) is 12.1. The molecule has 2 heteroatoms. The summed E-state index contributed by atoms with van der Waals surface area (Å²) in [6, 6.07) is 5.00. The summed E-state index contributed by atoms with van der Waals surface area (Å²) in [7, 11) is 4.82. The fourth-order valence-electron chi connectivity index (χ4n) is 4.73. The van der Waals surface area contributed by atoms with Crippen molar-refractivity contribution in [1.29, 1.82) is 0 Å². The van der Waals surface area contributed by atoms with Gasteiger partial charge in [0.15, 0.2) is 0 Å². The number of benzene rings is 2. The lowest BCUT2D eigenvalue weighted by Gasteiger charge is -2.26. The van der Waals surface area contributed by atoms with E-state index in [9.17, 15) is 0 Å². The van der Waals surface area contributed by atoms with Crippen molar-refractivity contribution in [3.8, 4) is 16.9 Å². The Morgan fingerprint density at radius 1 is 0.700 bits per heavy atom. The third-order valence-electron chi connectivity index (χ3n) is 6.01. The molecule has 0 aliphatic rings. The summed E-state index contributed by atoms with van der Waals surface area (Å²) in [5.74, 6) is 2.94. The largest absolute Gasteiger partial charge is 0.496 e. The SMILES string of the molecule is COc1c(C)c(C)c(-c2c(CC(C)C)cc(CC(C)C)cc2CC(C)C)c(P)c1C. The van der Waals surface area contributed by atoms with Gasteiger partial charge in [0, 0.05) is 0 Å². The van der Waals surface area contributed by atoms with Crippen LogP contribution < -0.4 is 10.0 Å². The molecule has 0 spiro atoms. The maximum Gasteiger partial charge on any atom is 0.125 e. The van der Waals surface area contributed by atoms with Crippen LogP contribution in [0.4, 0.5) is 0 Å². The van der Waals surface area contributed by atoms with Crippen molar-refractivity contribution in [2.75, 3.05) is 7.11 Å². The average molecular weight is 427 g/mol. The minimum atomic E-state index is 0.624. The smallest absolute Gasteiger partial charge is 0.125 e. The van der Waals surface area contributed by atoms with Gasteiger partial charge in [-0.2, -0.15) is 0 Å². The van der Waals surface area contributed by atoms with E-state index in [4.69, 9.17) is 4.74 Å². The minimum absolute atomic E-state index is 0.624. The quantitative estimate of drug-likeness (QED) is 0.400. The van der Waals surface area contributed by atoms with Crippen LogP contribution in [-0.4, -0.2) is 7.11 Å². The molecule has 0 aromatic heterocycles. The second-order valence-electron chi connectivity index (χ2n) is 10.3. The van der Waals surface area contributed by atoms with E-state index in [1.807, 2.05) is 0 Å². The summed E-state index contributed by atoms with van der Waals surface area (Å²) in [5.41, 5.74) is 11.2. The predicted molar refractivity (Wildman–Crippen MR) is 138 cm³/mol. The van der Waals surface area contributed by atoms with E-state index in [1.165, 1.54) is 49.8 Å². The van der Waals surface area contributed by atoms with Gasteiger partial charge in [0.05, 0.1) is 7.11 Å². The molecule has 0 aliphatic heterocycles. The van der Waals surface area contributed by atoms with Gasteiger partial charge in [0.1, 0.15) is 5.75 Å². The first-order chi connectivity index (χ1) is 14.0. The van der Waals surface area contributed by atoms with Crippen molar-refractivity contribution in [3.05, 3.63) is 45.5 Å². The molecular formula is C28H43OP. The Bertz CT molecular complexity index is 830. The molecule has 2 rings (SSSR count). The highest BCUT2D eigenvalue weighted by molar-refractivity contribution is 7.28. The van der Waals surface area contributed by atoms with Crippen molar-refractivity contribution in [2.45, 2.75) is 81.6 Å². The lowest BCUT2D eigenvalue weighted by molar-refractivity contribution is 0.409. The molecule has 0 N–H and O–H groups in total. The maximum absolute atomic E-state index is 5.77. The van der Waals surface area contributed by atoms with E-state index in [0.29, 0.717) is 17.8 Å². The van der Waals surface area contributed by atoms with Crippen LogP contribution in [0.3, 0.4) is 0 Å². The molecule has 0 aliphatic carbocycles. The van der Waals surface area contributed by atoms with E-state index in [-0.39, 0.29) is 0 Å². The number of methoxy groups -OCH3 is 1. The standard InChI is InChI=1S/C28H43OP/c1-16(2)11-22-14-23(12-17(3)4)26(24(15-22)13-18(5)6)25-19(7)20(8)27(29-10)21(9)28(25)30/h14-18H,11-13,30H2,1-10H3. The molecule has 0 heterocycles. The van der Waals surface area contributed by atoms with Gasteiger partial charge in [0.25, 0.3) is 0 Å². The van der Waals surface area contributed by atoms with Crippen LogP contribution in [0.1, 0.15) is 74.9 Å². The van der Waals surface area contributed by atoms with E-state index in [0.717, 1.165) is 25.0 Å². The van der Waals surface area contributed by atoms with E-state index in [1.54, 1.807) is 7.11 Å². The lowest BCUT2D eigenvalue weighted by Crippen LogP contribution is -2.14. The molecule has 1 nitrogen and oxygen atoms in total. The van der Waals surface area contributed by atoms with Crippen molar-refractivity contribution < 1.29 is 4.74 Å². The molecule has 0 saturated carbocycles. The first kappa shape index (κ1) is 24.9. The summed E-state index contributed by atoms with van der Waals surface area (Å²) >= 11 is 0. The zero-order chi connectivity index (χ0) is 22.7. The van der Waals surface area contributed by atoms with Crippen molar-refractivity contribution in [1.82, 2.24) is 0 Å². The normalized spacial score (nSPS) is 11.8. The predicted octanol–water partition coefficient (Wildman–Crippen LogP) is 7.38. The summed E-state index contributed by atoms with van der Waals surface area (Å²) in [6.45, 7) is 20.6. The second kappa shape index (κ2) is 10.3. The Labute approximate surface area is 188 Å². The van der Waals surface area contributed by atoms with Gasteiger partial charge < -0.3 is 4.74 Å². The van der Waals surface area contributed by atoms with Gasteiger partial charge in [-0.25, -0.2) is 0 Å². The lowest BCUT2D eigenvalue weighted by atomic mass is 9.81. The second-order valence-corrected chi connectivity index (χ2v) is 10.9. The Morgan fingerprint density at radius 2 is 1.17 bits per heavy atom. The Balaban J connectivity index is 2.92. The van der Waals surface area contributed by atoms with Gasteiger partial charge in [0.2, 0.25) is 0 Å². The van der Waals surface area contributed by atoms with E-state index >= 15 is 0 Å². The van der Waals surface area contributed by atoms with Gasteiger partial charge in [-0.15, -0.1) is 9.24 Å². The maximum atomic E-state index is 5.77. The molecule has 0 amide bonds. The zero-order valence-electron chi connectivity index (χ0n) is 21.0. The highest BCUT2D eigenvalue weighted by Crippen LogP contribution is 2.39. The summed E-state index contributed by atoms with van der Waals surface area (Å²) < 4.78 is 5.77. The van der Waals surface area contributed by atoms with Crippen molar-refractivity contribution >= 4 is 14.5 Å². The Hall–Kier alpha value is -1.33. The first-order valence-electron chi connectivity index (χ1n) is 11.6. The van der Waals surface area contributed by atoms with Gasteiger partial charge in [-0.05, 0) is 108 Å². The molecular weight excluding hydrogens is 383 g/mol. The van der Waals surface area contributed by atoms with Crippen LogP contribution in [0.5, 0.6) is 5.75 Å². The van der Waals surface area contributed by atoms with Crippen LogP contribution in [0.2, 0.25) is 0 Å². The molecule has 166 valence electrons. The van der Waals surface area contributed by atoms with Gasteiger partial charge in [-0.3, -0.25) is 0 Å². The van der Waals surface area contributed by atoms with Crippen LogP contribution in [0.25, 0.3) is 11.1 Å². The van der Waals surface area contributed by atoms with Crippen LogP contribution >= 0.6 is 9.24 Å². The molecule has 1 atom stereocenters. The molecule has 2 aromatic carbocycles. The summed E-state index contributed by atoms with van der Waals surface area (Å²) in [4.78, 5) is 0. The topological polar surface area (TPSA) is 9.23 Å². The van der Waals surface area contributed by atoms with Crippen molar-refractivity contribution in [2.24, 2.45) is 17.8 Å². The van der Waals surface area contributed by atoms with Crippen LogP contribution in [0.15, 0.2) is 12.1 Å². The third kappa shape index (κ3) is 5.47. The molecule has 0 fully saturated rings. The summed E-state index contributed by atoms with van der Waals surface area (Å²) in [5, 5.41) is 1.28. The Kier molecular flexibility index (Phi) is 8.58. The molecule has 2 aromatic rings. The fraction of sp³-hybridized carbons (Fsp3) is 0.571. The van der Waals surface area contributed by atoms with E-state index < -0.39 is 0 Å². The zero-order valence-corrected chi connectivity index (χ0v) is 22.1.